The van der Waals surface area contributed by atoms with Gasteiger partial charge in [0.05, 0.1) is 0 Å². The number of hydrogen-bond donors (Lipinski definition) is 3. The van der Waals surface area contributed by atoms with E-state index >= 15 is 0 Å². The topological polar surface area (TPSA) is 105 Å². The molecule has 1 atom stereocenters. The Morgan fingerprint density at radius 2 is 1.41 bits per heavy atom. The molecule has 3 N–H and O–H groups in total. The van der Waals surface area contributed by atoms with Crippen molar-refractivity contribution in [2.45, 2.75) is 12.0 Å². The zero-order valence-corrected chi connectivity index (χ0v) is 17.2. The van der Waals surface area contributed by atoms with Crippen molar-refractivity contribution in [2.24, 2.45) is 0 Å². The molecule has 1 aliphatic carbocycles. The third-order valence-electron chi connectivity index (χ3n) is 5.44. The van der Waals surface area contributed by atoms with E-state index in [2.05, 4.69) is 10.6 Å². The molecule has 0 saturated carbocycles. The molecule has 162 valence electrons. The van der Waals surface area contributed by atoms with Gasteiger partial charge in [0, 0.05) is 18.0 Å². The van der Waals surface area contributed by atoms with Gasteiger partial charge in [0.1, 0.15) is 12.6 Å². The highest BCUT2D eigenvalue weighted by molar-refractivity contribution is 5.94. The standard InChI is InChI=1S/C25H22N2O5/c28-23(16-8-2-1-3-9-16)26-14-22(24(29)30)27-25(31)32-15-21-19-12-6-4-10-17(19)18-11-5-7-13-20(18)21/h1-13,21-22H,14-15H2,(H,26,28)(H,27,31)(H,29,30). The molecule has 0 radical (unpaired) electrons. The fraction of sp³-hybridized carbons (Fsp3) is 0.160. The third kappa shape index (κ3) is 4.46. The number of carboxylic acids is 1. The number of benzene rings is 3. The maximum absolute atomic E-state index is 12.3. The van der Waals surface area contributed by atoms with E-state index in [1.54, 1.807) is 30.3 Å². The SMILES string of the molecule is O=C(NC(CNC(=O)c1ccccc1)C(=O)O)OCC1c2ccccc2-c2ccccc21. The summed E-state index contributed by atoms with van der Waals surface area (Å²) in [5, 5.41) is 14.3. The Hall–Kier alpha value is -4.13. The van der Waals surface area contributed by atoms with Crippen molar-refractivity contribution in [3.63, 3.8) is 0 Å². The first-order chi connectivity index (χ1) is 15.5. The van der Waals surface area contributed by atoms with Crippen LogP contribution < -0.4 is 10.6 Å². The summed E-state index contributed by atoms with van der Waals surface area (Å²) in [6, 6.07) is 23.0. The van der Waals surface area contributed by atoms with Gasteiger partial charge in [-0.3, -0.25) is 4.79 Å². The molecule has 0 fully saturated rings. The van der Waals surface area contributed by atoms with Gasteiger partial charge in [-0.2, -0.15) is 0 Å². The Morgan fingerprint density at radius 1 is 0.844 bits per heavy atom. The average Bonchev–Trinajstić information content (AvgIpc) is 3.14. The van der Waals surface area contributed by atoms with E-state index in [1.165, 1.54) is 0 Å². The number of aliphatic carboxylic acids is 1. The summed E-state index contributed by atoms with van der Waals surface area (Å²) in [7, 11) is 0. The van der Waals surface area contributed by atoms with E-state index in [0.29, 0.717) is 5.56 Å². The highest BCUT2D eigenvalue weighted by atomic mass is 16.5. The van der Waals surface area contributed by atoms with Crippen LogP contribution >= 0.6 is 0 Å². The number of carboxylic acid groups (broad SMARTS) is 1. The second kappa shape index (κ2) is 9.34. The van der Waals surface area contributed by atoms with Gasteiger partial charge in [0.25, 0.3) is 5.91 Å². The molecule has 3 aromatic carbocycles. The fourth-order valence-electron chi connectivity index (χ4n) is 3.87. The van der Waals surface area contributed by atoms with Crippen molar-refractivity contribution < 1.29 is 24.2 Å². The number of rotatable bonds is 7. The summed E-state index contributed by atoms with van der Waals surface area (Å²) in [6.07, 6.45) is -0.853. The van der Waals surface area contributed by atoms with E-state index in [-0.39, 0.29) is 19.1 Å². The molecular formula is C25H22N2O5. The molecule has 0 spiro atoms. The molecule has 1 aliphatic rings. The van der Waals surface area contributed by atoms with E-state index in [0.717, 1.165) is 22.3 Å². The maximum Gasteiger partial charge on any atom is 0.407 e. The summed E-state index contributed by atoms with van der Waals surface area (Å²) < 4.78 is 5.39. The van der Waals surface area contributed by atoms with Crippen LogP contribution in [0, 0.1) is 0 Å². The number of alkyl carbamates (subject to hydrolysis) is 1. The van der Waals surface area contributed by atoms with Gasteiger partial charge in [0.15, 0.2) is 0 Å². The van der Waals surface area contributed by atoms with Crippen molar-refractivity contribution in [3.8, 4) is 11.1 Å². The fourth-order valence-corrected chi connectivity index (χ4v) is 3.87. The molecule has 0 aromatic heterocycles. The molecule has 1 unspecified atom stereocenters. The number of carbonyl (C=O) groups is 3. The van der Waals surface area contributed by atoms with Crippen molar-refractivity contribution >= 4 is 18.0 Å². The van der Waals surface area contributed by atoms with Crippen molar-refractivity contribution in [1.29, 1.82) is 0 Å². The van der Waals surface area contributed by atoms with Gasteiger partial charge in [-0.25, -0.2) is 9.59 Å². The summed E-state index contributed by atoms with van der Waals surface area (Å²) >= 11 is 0. The van der Waals surface area contributed by atoms with Crippen LogP contribution in [0.15, 0.2) is 78.9 Å². The van der Waals surface area contributed by atoms with Gasteiger partial charge >= 0.3 is 12.1 Å². The van der Waals surface area contributed by atoms with Crippen molar-refractivity contribution in [1.82, 2.24) is 10.6 Å². The number of amides is 2. The van der Waals surface area contributed by atoms with Crippen molar-refractivity contribution in [3.05, 3.63) is 95.6 Å². The molecular weight excluding hydrogens is 408 g/mol. The number of carbonyl (C=O) groups excluding carboxylic acids is 2. The minimum atomic E-state index is -1.32. The molecule has 4 rings (SSSR count). The first kappa shape index (κ1) is 21.1. The number of ether oxygens (including phenoxy) is 1. The smallest absolute Gasteiger partial charge is 0.407 e. The number of hydrogen-bond acceptors (Lipinski definition) is 4. The monoisotopic (exact) mass is 430 g/mol. The molecule has 0 heterocycles. The first-order valence-electron chi connectivity index (χ1n) is 10.2. The van der Waals surface area contributed by atoms with Crippen LogP contribution in [0.25, 0.3) is 11.1 Å². The largest absolute Gasteiger partial charge is 0.480 e. The van der Waals surface area contributed by atoms with E-state index < -0.39 is 24.0 Å². The van der Waals surface area contributed by atoms with Gasteiger partial charge < -0.3 is 20.5 Å². The highest BCUT2D eigenvalue weighted by Gasteiger charge is 2.29. The second-order valence-corrected chi connectivity index (χ2v) is 7.44. The lowest BCUT2D eigenvalue weighted by atomic mass is 9.98. The Morgan fingerprint density at radius 3 is 2.00 bits per heavy atom. The van der Waals surface area contributed by atoms with E-state index in [1.807, 2.05) is 48.5 Å². The van der Waals surface area contributed by atoms with Crippen LogP contribution in [0.1, 0.15) is 27.4 Å². The quantitative estimate of drug-likeness (QED) is 0.533. The maximum atomic E-state index is 12.3. The average molecular weight is 430 g/mol. The Labute approximate surface area is 185 Å². The molecule has 7 nitrogen and oxygen atoms in total. The lowest BCUT2D eigenvalue weighted by molar-refractivity contribution is -0.139. The lowest BCUT2D eigenvalue weighted by Gasteiger charge is -2.18. The van der Waals surface area contributed by atoms with Gasteiger partial charge in [-0.05, 0) is 34.4 Å². The molecule has 0 saturated heterocycles. The van der Waals surface area contributed by atoms with Crippen molar-refractivity contribution in [2.75, 3.05) is 13.2 Å². The highest BCUT2D eigenvalue weighted by Crippen LogP contribution is 2.44. The lowest BCUT2D eigenvalue weighted by Crippen LogP contribution is -2.48. The van der Waals surface area contributed by atoms with Crippen LogP contribution in [-0.2, 0) is 9.53 Å². The van der Waals surface area contributed by atoms with E-state index in [4.69, 9.17) is 4.74 Å². The minimum absolute atomic E-state index is 0.0720. The molecule has 0 aliphatic heterocycles. The Bertz CT molecular complexity index is 1100. The van der Waals surface area contributed by atoms with Gasteiger partial charge in [-0.15, -0.1) is 0 Å². The first-order valence-corrected chi connectivity index (χ1v) is 10.2. The van der Waals surface area contributed by atoms with Crippen LogP contribution in [0.3, 0.4) is 0 Å². The van der Waals surface area contributed by atoms with Gasteiger partial charge in [-0.1, -0.05) is 66.7 Å². The summed E-state index contributed by atoms with van der Waals surface area (Å²) in [5.41, 5.74) is 4.73. The summed E-state index contributed by atoms with van der Waals surface area (Å²) in [6.45, 7) is -0.199. The predicted octanol–water partition coefficient (Wildman–Crippen LogP) is 3.41. The van der Waals surface area contributed by atoms with Crippen LogP contribution in [0.2, 0.25) is 0 Å². The predicted molar refractivity (Wildman–Crippen MR) is 118 cm³/mol. The van der Waals surface area contributed by atoms with E-state index in [9.17, 15) is 19.5 Å². The minimum Gasteiger partial charge on any atom is -0.480 e. The molecule has 7 heteroatoms. The van der Waals surface area contributed by atoms with Crippen LogP contribution in [-0.4, -0.2) is 42.3 Å². The zero-order chi connectivity index (χ0) is 22.5. The number of nitrogens with one attached hydrogen (secondary N) is 2. The second-order valence-electron chi connectivity index (χ2n) is 7.44. The summed E-state index contributed by atoms with van der Waals surface area (Å²) in [4.78, 5) is 36.0. The Balaban J connectivity index is 1.36. The normalized spacial score (nSPS) is 12.9. The van der Waals surface area contributed by atoms with Gasteiger partial charge in [0.2, 0.25) is 0 Å². The molecule has 3 aromatic rings. The van der Waals surface area contributed by atoms with Crippen LogP contribution in [0.5, 0.6) is 0 Å². The Kier molecular flexibility index (Phi) is 6.17. The zero-order valence-electron chi connectivity index (χ0n) is 17.2. The number of fused-ring (bicyclic) bond motifs is 3. The molecule has 32 heavy (non-hydrogen) atoms. The molecule has 2 amide bonds. The third-order valence-corrected chi connectivity index (χ3v) is 5.44. The van der Waals surface area contributed by atoms with Crippen LogP contribution in [0.4, 0.5) is 4.79 Å². The summed E-state index contributed by atoms with van der Waals surface area (Å²) in [5.74, 6) is -1.83. The molecule has 0 bridgehead atoms.